The smallest absolute Gasteiger partial charge is 0.198 e. The average molecular weight is 99.2 g/mol. The molecule has 41 valence electrons. The lowest BCUT2D eigenvalue weighted by Gasteiger charge is -1.97. The first-order valence-electron chi connectivity index (χ1n) is 2.66. The summed E-state index contributed by atoms with van der Waals surface area (Å²) in [5.41, 5.74) is 0. The maximum Gasteiger partial charge on any atom is 0.198 e. The van der Waals surface area contributed by atoms with Crippen LogP contribution in [0.3, 0.4) is 0 Å². The molecule has 0 aromatic heterocycles. The highest BCUT2D eigenvalue weighted by molar-refractivity contribution is 5.50. The molecule has 0 aromatic rings. The number of hydrogen-bond acceptors (Lipinski definition) is 1. The lowest BCUT2D eigenvalue weighted by atomic mass is 10.1. The minimum absolute atomic E-state index is 0.525. The highest BCUT2D eigenvalue weighted by Gasteiger charge is 1.94. The van der Waals surface area contributed by atoms with Crippen LogP contribution in [0.1, 0.15) is 26.7 Å². The van der Waals surface area contributed by atoms with Gasteiger partial charge in [-0.15, -0.1) is 0 Å². The van der Waals surface area contributed by atoms with Gasteiger partial charge >= 0.3 is 0 Å². The number of carbonyl (C=O) groups excluding carboxylic acids is 1. The second-order valence-electron chi connectivity index (χ2n) is 1.86. The molecule has 0 saturated carbocycles. The second-order valence-corrected chi connectivity index (χ2v) is 1.86. The minimum atomic E-state index is 0.525. The van der Waals surface area contributed by atoms with E-state index in [1.165, 1.54) is 0 Å². The molecule has 7 heavy (non-hydrogen) atoms. The van der Waals surface area contributed by atoms with Crippen LogP contribution >= 0.6 is 0 Å². The van der Waals surface area contributed by atoms with Crippen LogP contribution < -0.4 is 0 Å². The Balaban J connectivity index is 2.98. The lowest BCUT2D eigenvalue weighted by molar-refractivity contribution is 0.516. The van der Waals surface area contributed by atoms with Crippen molar-refractivity contribution in [3.63, 3.8) is 0 Å². The highest BCUT2D eigenvalue weighted by atomic mass is 16.1. The van der Waals surface area contributed by atoms with Gasteiger partial charge in [0.05, 0.1) is 0 Å². The third-order valence-electron chi connectivity index (χ3n) is 1.13. The monoisotopic (exact) mass is 99.1 g/mol. The van der Waals surface area contributed by atoms with Gasteiger partial charge in [-0.3, -0.25) is 4.79 Å². The Kier molecular flexibility index (Phi) is 3.67. The van der Waals surface area contributed by atoms with Gasteiger partial charge in [0.1, 0.15) is 0 Å². The van der Waals surface area contributed by atoms with Gasteiger partial charge in [-0.2, -0.15) is 0 Å². The molecule has 0 aromatic carbocycles. The number of hydrogen-bond donors (Lipinski definition) is 0. The molecule has 1 nitrogen and oxygen atoms in total. The first-order valence-corrected chi connectivity index (χ1v) is 2.66. The summed E-state index contributed by atoms with van der Waals surface area (Å²) in [6.45, 7) is 4.12. The maximum atomic E-state index is 9.65. The summed E-state index contributed by atoms with van der Waals surface area (Å²) in [5, 5.41) is 0. The van der Waals surface area contributed by atoms with E-state index in [0.29, 0.717) is 12.3 Å². The fraction of sp³-hybridized carbons (Fsp3) is 0.833. The van der Waals surface area contributed by atoms with Gasteiger partial charge < -0.3 is 0 Å². The Morgan fingerprint density at radius 3 is 2.43 bits per heavy atom. The molecule has 1 atom stereocenters. The van der Waals surface area contributed by atoms with Crippen molar-refractivity contribution in [3.05, 3.63) is 0 Å². The Morgan fingerprint density at radius 1 is 1.71 bits per heavy atom. The second kappa shape index (κ2) is 3.85. The molecule has 0 unspecified atom stereocenters. The van der Waals surface area contributed by atoms with Crippen molar-refractivity contribution >= 4 is 6.29 Å². The third kappa shape index (κ3) is 3.50. The number of rotatable bonds is 3. The van der Waals surface area contributed by atoms with Crippen molar-refractivity contribution in [2.24, 2.45) is 5.92 Å². The van der Waals surface area contributed by atoms with Crippen LogP contribution in [0.5, 0.6) is 0 Å². The van der Waals surface area contributed by atoms with Gasteiger partial charge in [0.15, 0.2) is 6.29 Å². The van der Waals surface area contributed by atoms with Crippen LogP contribution in [-0.2, 0) is 4.79 Å². The van der Waals surface area contributed by atoms with E-state index in [1.807, 2.05) is 13.2 Å². The molecule has 0 fully saturated rings. The van der Waals surface area contributed by atoms with E-state index >= 15 is 0 Å². The van der Waals surface area contributed by atoms with Gasteiger partial charge in [0, 0.05) is 6.42 Å². The van der Waals surface area contributed by atoms with Crippen molar-refractivity contribution in [2.45, 2.75) is 26.7 Å². The summed E-state index contributed by atoms with van der Waals surface area (Å²) in [6, 6.07) is 0. The first kappa shape index (κ1) is 6.67. The zero-order valence-corrected chi connectivity index (χ0v) is 4.90. The van der Waals surface area contributed by atoms with Crippen molar-refractivity contribution in [2.75, 3.05) is 0 Å². The molecule has 0 N–H and O–H groups in total. The van der Waals surface area contributed by atoms with E-state index in [1.54, 1.807) is 0 Å². The molecule has 0 amide bonds. The SMILES string of the molecule is CC[C@@H](C)C[C]=O. The zero-order valence-electron chi connectivity index (χ0n) is 4.90. The molecule has 0 aliphatic rings. The molecular formula is C6H11O. The van der Waals surface area contributed by atoms with E-state index in [-0.39, 0.29) is 0 Å². The Bertz CT molecular complexity index is 50.1. The fourth-order valence-electron chi connectivity index (χ4n) is 0.287. The summed E-state index contributed by atoms with van der Waals surface area (Å²) in [5.74, 6) is 0.525. The Labute approximate surface area is 44.7 Å². The van der Waals surface area contributed by atoms with Gasteiger partial charge in [-0.1, -0.05) is 20.3 Å². The van der Waals surface area contributed by atoms with Crippen LogP contribution in [0.15, 0.2) is 0 Å². The largest absolute Gasteiger partial charge is 0.291 e. The molecule has 0 aliphatic heterocycles. The van der Waals surface area contributed by atoms with E-state index < -0.39 is 0 Å². The summed E-state index contributed by atoms with van der Waals surface area (Å²) >= 11 is 0. The fourth-order valence-corrected chi connectivity index (χ4v) is 0.287. The van der Waals surface area contributed by atoms with Crippen molar-refractivity contribution in [1.29, 1.82) is 0 Å². The van der Waals surface area contributed by atoms with Crippen LogP contribution in [0.2, 0.25) is 0 Å². The van der Waals surface area contributed by atoms with Gasteiger partial charge in [-0.05, 0) is 5.92 Å². The zero-order chi connectivity index (χ0) is 5.70. The Hall–Kier alpha value is -0.330. The van der Waals surface area contributed by atoms with Crippen LogP contribution in [0, 0.1) is 5.92 Å². The summed E-state index contributed by atoms with van der Waals surface area (Å²) in [4.78, 5) is 9.65. The molecule has 0 aliphatic carbocycles. The normalized spacial score (nSPS) is 13.4. The Morgan fingerprint density at radius 2 is 2.29 bits per heavy atom. The topological polar surface area (TPSA) is 17.1 Å². The molecule has 1 radical (unpaired) electrons. The molecule has 1 heteroatoms. The summed E-state index contributed by atoms with van der Waals surface area (Å²) < 4.78 is 0. The maximum absolute atomic E-state index is 9.65. The van der Waals surface area contributed by atoms with Crippen molar-refractivity contribution < 1.29 is 4.79 Å². The van der Waals surface area contributed by atoms with Crippen LogP contribution in [0.25, 0.3) is 0 Å². The summed E-state index contributed by atoms with van der Waals surface area (Å²) in [6.07, 6.45) is 3.54. The van der Waals surface area contributed by atoms with Crippen molar-refractivity contribution in [1.82, 2.24) is 0 Å². The third-order valence-corrected chi connectivity index (χ3v) is 1.13. The predicted molar refractivity (Wildman–Crippen MR) is 29.8 cm³/mol. The molecule has 0 bridgehead atoms. The molecule has 0 heterocycles. The van der Waals surface area contributed by atoms with Crippen molar-refractivity contribution in [3.8, 4) is 0 Å². The first-order chi connectivity index (χ1) is 3.31. The van der Waals surface area contributed by atoms with E-state index in [9.17, 15) is 4.79 Å². The molecular weight excluding hydrogens is 88.1 g/mol. The van der Waals surface area contributed by atoms with E-state index in [0.717, 1.165) is 6.42 Å². The quantitative estimate of drug-likeness (QED) is 0.524. The molecule has 0 spiro atoms. The van der Waals surface area contributed by atoms with E-state index in [2.05, 4.69) is 6.92 Å². The van der Waals surface area contributed by atoms with E-state index in [4.69, 9.17) is 0 Å². The van der Waals surface area contributed by atoms with Gasteiger partial charge in [-0.25, -0.2) is 0 Å². The average Bonchev–Trinajstić information content (AvgIpc) is 1.68. The predicted octanol–water partition coefficient (Wildman–Crippen LogP) is 1.53. The van der Waals surface area contributed by atoms with Crippen LogP contribution in [0.4, 0.5) is 0 Å². The standard InChI is InChI=1S/C6H11O/c1-3-6(2)4-5-7/h6H,3-4H2,1-2H3/t6-/m1/s1. The van der Waals surface area contributed by atoms with Gasteiger partial charge in [0.25, 0.3) is 0 Å². The lowest BCUT2D eigenvalue weighted by Crippen LogP contribution is -1.90. The molecule has 0 saturated heterocycles. The minimum Gasteiger partial charge on any atom is -0.291 e. The van der Waals surface area contributed by atoms with Gasteiger partial charge in [0.2, 0.25) is 0 Å². The molecule has 0 rings (SSSR count). The highest BCUT2D eigenvalue weighted by Crippen LogP contribution is 2.01. The van der Waals surface area contributed by atoms with Crippen LogP contribution in [-0.4, -0.2) is 6.29 Å². The summed E-state index contributed by atoms with van der Waals surface area (Å²) in [7, 11) is 0.